The van der Waals surface area contributed by atoms with Crippen LogP contribution in [0.15, 0.2) is 0 Å². The van der Waals surface area contributed by atoms with Crippen molar-refractivity contribution in [2.75, 3.05) is 19.5 Å². The molecule has 1 unspecified atom stereocenters. The van der Waals surface area contributed by atoms with E-state index >= 15 is 0 Å². The summed E-state index contributed by atoms with van der Waals surface area (Å²) in [4.78, 5) is 11.3. The molecular formula is C10H20O2S. The fourth-order valence-electron chi connectivity index (χ4n) is 0.839. The fourth-order valence-corrected chi connectivity index (χ4v) is 1.69. The molecule has 0 aliphatic rings. The van der Waals surface area contributed by atoms with Gasteiger partial charge >= 0.3 is 0 Å². The van der Waals surface area contributed by atoms with Gasteiger partial charge in [0, 0.05) is 25.4 Å². The monoisotopic (exact) mass is 204 g/mol. The molecule has 0 rings (SSSR count). The largest absolute Gasteiger partial charge is 0.385 e. The molecule has 0 amide bonds. The highest BCUT2D eigenvalue weighted by Crippen LogP contribution is 2.14. The predicted octanol–water partition coefficient (Wildman–Crippen LogP) is 2.51. The van der Waals surface area contributed by atoms with Gasteiger partial charge in [0.2, 0.25) is 0 Å². The lowest BCUT2D eigenvalue weighted by molar-refractivity contribution is -0.116. The van der Waals surface area contributed by atoms with Gasteiger partial charge in [-0.1, -0.05) is 13.8 Å². The van der Waals surface area contributed by atoms with E-state index in [1.807, 2.05) is 0 Å². The minimum Gasteiger partial charge on any atom is -0.385 e. The molecule has 0 aromatic carbocycles. The molecule has 0 saturated heterocycles. The van der Waals surface area contributed by atoms with E-state index in [1.54, 1.807) is 18.9 Å². The molecule has 0 aromatic heterocycles. The molecule has 0 aromatic rings. The van der Waals surface area contributed by atoms with Crippen LogP contribution in [0.5, 0.6) is 0 Å². The summed E-state index contributed by atoms with van der Waals surface area (Å²) in [6.07, 6.45) is 2.66. The third kappa shape index (κ3) is 8.31. The maximum Gasteiger partial charge on any atom is 0.142 e. The molecule has 0 N–H and O–H groups in total. The summed E-state index contributed by atoms with van der Waals surface area (Å²) in [6.45, 7) is 5.00. The zero-order valence-corrected chi connectivity index (χ0v) is 9.65. The third-order valence-corrected chi connectivity index (χ3v) is 3.30. The molecule has 0 radical (unpaired) electrons. The summed E-state index contributed by atoms with van der Waals surface area (Å²) in [5.74, 6) is 1.01. The van der Waals surface area contributed by atoms with Gasteiger partial charge in [0.25, 0.3) is 0 Å². The first kappa shape index (κ1) is 13.0. The van der Waals surface area contributed by atoms with Crippen LogP contribution < -0.4 is 0 Å². The fraction of sp³-hybridized carbons (Fsp3) is 0.900. The van der Waals surface area contributed by atoms with E-state index < -0.39 is 0 Å². The summed E-state index contributed by atoms with van der Waals surface area (Å²) in [7, 11) is 1.67. The van der Waals surface area contributed by atoms with Crippen molar-refractivity contribution in [1.29, 1.82) is 0 Å². The van der Waals surface area contributed by atoms with E-state index in [-0.39, 0.29) is 0 Å². The summed E-state index contributed by atoms with van der Waals surface area (Å²) >= 11 is 1.75. The second kappa shape index (κ2) is 8.57. The zero-order valence-electron chi connectivity index (χ0n) is 8.84. The summed E-state index contributed by atoms with van der Waals surface area (Å²) < 4.78 is 4.88. The maximum atomic E-state index is 11.3. The van der Waals surface area contributed by atoms with Gasteiger partial charge in [0.1, 0.15) is 5.78 Å². The number of methoxy groups -OCH3 is 1. The van der Waals surface area contributed by atoms with Crippen LogP contribution in [0.3, 0.4) is 0 Å². The number of carbonyl (C=O) groups is 1. The molecule has 0 aliphatic heterocycles. The van der Waals surface area contributed by atoms with Crippen molar-refractivity contribution in [3.63, 3.8) is 0 Å². The van der Waals surface area contributed by atoms with E-state index in [9.17, 15) is 4.79 Å². The maximum absolute atomic E-state index is 11.3. The van der Waals surface area contributed by atoms with Crippen LogP contribution in [-0.2, 0) is 9.53 Å². The Morgan fingerprint density at radius 3 is 2.77 bits per heavy atom. The SMILES string of the molecule is CCC(C)SCC(=O)CCCOC. The highest BCUT2D eigenvalue weighted by Gasteiger charge is 2.05. The Labute approximate surface area is 85.4 Å². The van der Waals surface area contributed by atoms with Gasteiger partial charge in [-0.2, -0.15) is 11.8 Å². The molecule has 0 saturated carbocycles. The van der Waals surface area contributed by atoms with Crippen LogP contribution in [0.25, 0.3) is 0 Å². The Morgan fingerprint density at radius 2 is 2.23 bits per heavy atom. The van der Waals surface area contributed by atoms with E-state index in [4.69, 9.17) is 4.74 Å². The number of thioether (sulfide) groups is 1. The predicted molar refractivity (Wildman–Crippen MR) is 58.3 cm³/mol. The minimum atomic E-state index is 0.349. The molecule has 0 fully saturated rings. The number of rotatable bonds is 8. The van der Waals surface area contributed by atoms with Gasteiger partial charge in [0.05, 0.1) is 5.75 Å². The van der Waals surface area contributed by atoms with Crippen LogP contribution >= 0.6 is 11.8 Å². The number of Topliss-reactive ketones (excluding diaryl/α,β-unsaturated/α-hetero) is 1. The van der Waals surface area contributed by atoms with Crippen molar-refractivity contribution < 1.29 is 9.53 Å². The van der Waals surface area contributed by atoms with Gasteiger partial charge in [-0.25, -0.2) is 0 Å². The normalized spacial score (nSPS) is 12.8. The van der Waals surface area contributed by atoms with E-state index in [0.29, 0.717) is 29.8 Å². The molecule has 0 aliphatic carbocycles. The first-order chi connectivity index (χ1) is 6.20. The standard InChI is InChI=1S/C10H20O2S/c1-4-9(2)13-8-10(11)6-5-7-12-3/h9H,4-8H2,1-3H3. The smallest absolute Gasteiger partial charge is 0.142 e. The molecule has 1 atom stereocenters. The van der Waals surface area contributed by atoms with Gasteiger partial charge in [0.15, 0.2) is 0 Å². The van der Waals surface area contributed by atoms with Crippen molar-refractivity contribution in [3.05, 3.63) is 0 Å². The minimum absolute atomic E-state index is 0.349. The van der Waals surface area contributed by atoms with Crippen LogP contribution in [0.2, 0.25) is 0 Å². The van der Waals surface area contributed by atoms with E-state index in [2.05, 4.69) is 13.8 Å². The average molecular weight is 204 g/mol. The Balaban J connectivity index is 3.30. The van der Waals surface area contributed by atoms with Crippen molar-refractivity contribution in [1.82, 2.24) is 0 Å². The van der Waals surface area contributed by atoms with Gasteiger partial charge < -0.3 is 4.74 Å². The van der Waals surface area contributed by atoms with Crippen LogP contribution in [0, 0.1) is 0 Å². The van der Waals surface area contributed by atoms with Crippen LogP contribution in [0.1, 0.15) is 33.1 Å². The number of hydrogen-bond donors (Lipinski definition) is 0. The average Bonchev–Trinajstić information content (AvgIpc) is 2.14. The highest BCUT2D eigenvalue weighted by molar-refractivity contribution is 8.00. The topological polar surface area (TPSA) is 26.3 Å². The molecule has 78 valence electrons. The van der Waals surface area contributed by atoms with Gasteiger partial charge in [-0.3, -0.25) is 4.79 Å². The van der Waals surface area contributed by atoms with Crippen LogP contribution in [-0.4, -0.2) is 30.5 Å². The van der Waals surface area contributed by atoms with E-state index in [1.165, 1.54) is 0 Å². The van der Waals surface area contributed by atoms with E-state index in [0.717, 1.165) is 12.8 Å². The molecule has 13 heavy (non-hydrogen) atoms. The second-order valence-corrected chi connectivity index (χ2v) is 4.59. The summed E-state index contributed by atoms with van der Waals surface area (Å²) in [5.41, 5.74) is 0. The zero-order chi connectivity index (χ0) is 10.1. The van der Waals surface area contributed by atoms with Crippen molar-refractivity contribution in [2.45, 2.75) is 38.4 Å². The molecule has 2 nitrogen and oxygen atoms in total. The quantitative estimate of drug-likeness (QED) is 0.568. The summed E-state index contributed by atoms with van der Waals surface area (Å²) in [6, 6.07) is 0. The lowest BCUT2D eigenvalue weighted by Crippen LogP contribution is -2.06. The summed E-state index contributed by atoms with van der Waals surface area (Å²) in [5, 5.41) is 0.603. The first-order valence-corrected chi connectivity index (χ1v) is 5.87. The Kier molecular flexibility index (Phi) is 8.56. The molecule has 0 bridgehead atoms. The second-order valence-electron chi connectivity index (χ2n) is 3.16. The van der Waals surface area contributed by atoms with Crippen LogP contribution in [0.4, 0.5) is 0 Å². The molecule has 0 spiro atoms. The van der Waals surface area contributed by atoms with Gasteiger partial charge in [-0.05, 0) is 12.8 Å². The number of carbonyl (C=O) groups excluding carboxylic acids is 1. The van der Waals surface area contributed by atoms with Crippen molar-refractivity contribution in [2.24, 2.45) is 0 Å². The van der Waals surface area contributed by atoms with Crippen molar-refractivity contribution in [3.8, 4) is 0 Å². The molecule has 3 heteroatoms. The number of ether oxygens (including phenoxy) is 1. The lowest BCUT2D eigenvalue weighted by Gasteiger charge is -2.06. The lowest BCUT2D eigenvalue weighted by atomic mass is 10.2. The molecular weight excluding hydrogens is 184 g/mol. The third-order valence-electron chi connectivity index (χ3n) is 1.91. The number of hydrogen-bond acceptors (Lipinski definition) is 3. The highest BCUT2D eigenvalue weighted by atomic mass is 32.2. The Hall–Kier alpha value is -0.0200. The number of ketones is 1. The molecule has 0 heterocycles. The Bertz CT molecular complexity index is 137. The van der Waals surface area contributed by atoms with Crippen molar-refractivity contribution >= 4 is 17.5 Å². The first-order valence-electron chi connectivity index (χ1n) is 4.83. The Morgan fingerprint density at radius 1 is 1.54 bits per heavy atom. The van der Waals surface area contributed by atoms with Gasteiger partial charge in [-0.15, -0.1) is 0 Å².